The van der Waals surface area contributed by atoms with Gasteiger partial charge in [0.25, 0.3) is 0 Å². The molecule has 1 unspecified atom stereocenters. The number of aliphatic hydroxyl groups excluding tert-OH is 1. The van der Waals surface area contributed by atoms with Crippen LogP contribution in [0.25, 0.3) is 0 Å². The predicted octanol–water partition coefficient (Wildman–Crippen LogP) is 1.70. The Kier molecular flexibility index (Phi) is 16.6. The number of likely N-dealkylation sites (tertiary alicyclic amines) is 1. The van der Waals surface area contributed by atoms with Gasteiger partial charge in [-0.1, -0.05) is 38.3 Å². The van der Waals surface area contributed by atoms with Crippen LogP contribution < -0.4 is 21.7 Å². The summed E-state index contributed by atoms with van der Waals surface area (Å²) in [4.78, 5) is 21.4. The van der Waals surface area contributed by atoms with Crippen LogP contribution in [0, 0.1) is 17.8 Å². The predicted molar refractivity (Wildman–Crippen MR) is 125 cm³/mol. The molecule has 1 aromatic rings. The number of nitrogens with zero attached hydrogens (tertiary/aromatic N) is 1. The largest absolute Gasteiger partial charge is 0.496 e. The first-order valence-electron chi connectivity index (χ1n) is 9.67. The second-order valence-corrected chi connectivity index (χ2v) is 8.24. The Morgan fingerprint density at radius 2 is 2.00 bits per heavy atom. The van der Waals surface area contributed by atoms with E-state index in [4.69, 9.17) is 27.6 Å². The molecule has 1 atom stereocenters. The molecule has 0 spiro atoms. The average molecular weight is 457 g/mol. The molecule has 0 bridgehead atoms. The zero-order valence-electron chi connectivity index (χ0n) is 19.2. The molecule has 2 rings (SSSR count). The number of benzene rings is 1. The van der Waals surface area contributed by atoms with Gasteiger partial charge in [-0.2, -0.15) is 0 Å². The fraction of sp³-hybridized carbons (Fsp3) is 0.545. The van der Waals surface area contributed by atoms with Crippen LogP contribution in [0.2, 0.25) is 5.02 Å². The number of halogens is 1. The highest BCUT2D eigenvalue weighted by Crippen LogP contribution is 2.28. The number of nitrogens with two attached hydrogens (primary N) is 2. The summed E-state index contributed by atoms with van der Waals surface area (Å²) in [5, 5.41) is 12.9. The molecule has 1 heterocycles. The number of aliphatic hydroxyl groups is 1. The standard InChI is InChI=1S/C11H12ClNO.C10H19NO2.CH2O.H4N2/c1-4-8-5-10(12)9(7-13-2)11(6-8)14-3;1-10(2,3)6-9(13)11-5-4-8(12)7-11;2*1-2/h1,5-6,13H,7H2,2-3H3;8,12H,4-7H2,1-3H3;1H2;1-2H2. The van der Waals surface area contributed by atoms with Crippen LogP contribution in [0.5, 0.6) is 5.75 Å². The Hall–Kier alpha value is -2.15. The number of ether oxygens (including phenoxy) is 1. The minimum Gasteiger partial charge on any atom is -0.496 e. The molecular formula is C22H37ClN4O4. The van der Waals surface area contributed by atoms with Gasteiger partial charge in [-0.05, 0) is 31.0 Å². The van der Waals surface area contributed by atoms with Crippen molar-refractivity contribution in [1.82, 2.24) is 10.2 Å². The monoisotopic (exact) mass is 456 g/mol. The normalized spacial score (nSPS) is 14.6. The van der Waals surface area contributed by atoms with E-state index in [0.29, 0.717) is 24.5 Å². The Bertz CT molecular complexity index is 702. The summed E-state index contributed by atoms with van der Waals surface area (Å²) in [6, 6.07) is 3.56. The quantitative estimate of drug-likeness (QED) is 0.308. The number of β-amino-alcohol motifs (C(OH)–C–C–N with tert-alkyl or cyclic N) is 1. The molecule has 1 aromatic carbocycles. The third-order valence-corrected chi connectivity index (χ3v) is 4.43. The lowest BCUT2D eigenvalue weighted by atomic mass is 9.92. The van der Waals surface area contributed by atoms with E-state index in [-0.39, 0.29) is 17.4 Å². The zero-order valence-corrected chi connectivity index (χ0v) is 20.0. The summed E-state index contributed by atoms with van der Waals surface area (Å²) >= 11 is 6.06. The van der Waals surface area contributed by atoms with Gasteiger partial charge in [-0.3, -0.25) is 16.5 Å². The molecule has 1 aliphatic rings. The lowest BCUT2D eigenvalue weighted by Crippen LogP contribution is -2.32. The molecule has 8 nitrogen and oxygen atoms in total. The number of carbonyl (C=O) groups is 2. The van der Waals surface area contributed by atoms with Crippen LogP contribution in [-0.4, -0.2) is 56.1 Å². The fourth-order valence-electron chi connectivity index (χ4n) is 2.76. The van der Waals surface area contributed by atoms with Crippen molar-refractivity contribution in [2.24, 2.45) is 17.1 Å². The smallest absolute Gasteiger partial charge is 0.223 e. The molecule has 0 aromatic heterocycles. The average Bonchev–Trinajstić information content (AvgIpc) is 3.18. The topological polar surface area (TPSA) is 131 Å². The summed E-state index contributed by atoms with van der Waals surface area (Å²) in [6.07, 6.45) is 6.29. The van der Waals surface area contributed by atoms with Crippen LogP contribution in [-0.2, 0) is 16.1 Å². The van der Waals surface area contributed by atoms with Crippen molar-refractivity contribution < 1.29 is 19.4 Å². The summed E-state index contributed by atoms with van der Waals surface area (Å²) in [6.45, 7) is 10.1. The lowest BCUT2D eigenvalue weighted by Gasteiger charge is -2.22. The third-order valence-electron chi connectivity index (χ3n) is 4.09. The fourth-order valence-corrected chi connectivity index (χ4v) is 3.04. The summed E-state index contributed by atoms with van der Waals surface area (Å²) in [7, 11) is 3.45. The molecule has 1 saturated heterocycles. The Labute approximate surface area is 191 Å². The van der Waals surface area contributed by atoms with Crippen molar-refractivity contribution in [2.45, 2.75) is 46.3 Å². The highest BCUT2D eigenvalue weighted by atomic mass is 35.5. The number of methoxy groups -OCH3 is 1. The van der Waals surface area contributed by atoms with Gasteiger partial charge in [0.1, 0.15) is 12.5 Å². The molecule has 6 N–H and O–H groups in total. The van der Waals surface area contributed by atoms with Gasteiger partial charge >= 0.3 is 0 Å². The van der Waals surface area contributed by atoms with E-state index < -0.39 is 0 Å². The van der Waals surface area contributed by atoms with E-state index in [1.54, 1.807) is 24.1 Å². The summed E-state index contributed by atoms with van der Waals surface area (Å²) in [5.74, 6) is 11.4. The van der Waals surface area contributed by atoms with Crippen molar-refractivity contribution >= 4 is 24.3 Å². The highest BCUT2D eigenvalue weighted by molar-refractivity contribution is 6.31. The lowest BCUT2D eigenvalue weighted by molar-refractivity contribution is -0.132. The molecule has 0 aliphatic carbocycles. The van der Waals surface area contributed by atoms with Crippen LogP contribution in [0.3, 0.4) is 0 Å². The van der Waals surface area contributed by atoms with E-state index in [9.17, 15) is 9.90 Å². The molecule has 0 saturated carbocycles. The van der Waals surface area contributed by atoms with Gasteiger partial charge in [0.15, 0.2) is 0 Å². The third kappa shape index (κ3) is 12.3. The van der Waals surface area contributed by atoms with Crippen molar-refractivity contribution in [3.63, 3.8) is 0 Å². The maximum atomic E-state index is 11.6. The molecule has 31 heavy (non-hydrogen) atoms. The van der Waals surface area contributed by atoms with Crippen molar-refractivity contribution in [1.29, 1.82) is 0 Å². The minimum absolute atomic E-state index is 0.0463. The van der Waals surface area contributed by atoms with E-state index in [1.165, 1.54) is 0 Å². The SMILES string of the molecule is C#Cc1cc(Cl)c(CNC)c(OC)c1.C=O.CC(C)(C)CC(=O)N1CCC(O)C1.NN. The molecule has 9 heteroatoms. The van der Waals surface area contributed by atoms with Gasteiger partial charge in [0.2, 0.25) is 5.91 Å². The first-order chi connectivity index (χ1) is 14.6. The minimum atomic E-state index is -0.302. The van der Waals surface area contributed by atoms with Gasteiger partial charge in [-0.15, -0.1) is 6.42 Å². The van der Waals surface area contributed by atoms with E-state index >= 15 is 0 Å². The maximum absolute atomic E-state index is 11.6. The number of terminal acetylenes is 1. The number of hydrogen-bond acceptors (Lipinski definition) is 7. The Balaban J connectivity index is 0. The van der Waals surface area contributed by atoms with Crippen LogP contribution in [0.1, 0.15) is 44.7 Å². The number of hydrogen-bond donors (Lipinski definition) is 4. The number of amides is 1. The van der Waals surface area contributed by atoms with Gasteiger partial charge in [0.05, 0.1) is 13.2 Å². The number of nitrogens with one attached hydrogen (secondary N) is 1. The van der Waals surface area contributed by atoms with Gasteiger partial charge in [-0.25, -0.2) is 0 Å². The Morgan fingerprint density at radius 3 is 2.39 bits per heavy atom. The van der Waals surface area contributed by atoms with Gasteiger partial charge < -0.3 is 24.9 Å². The van der Waals surface area contributed by atoms with Crippen LogP contribution in [0.15, 0.2) is 12.1 Å². The number of hydrazine groups is 1. The summed E-state index contributed by atoms with van der Waals surface area (Å²) < 4.78 is 5.20. The molecule has 1 amide bonds. The van der Waals surface area contributed by atoms with E-state index in [2.05, 4.69) is 43.7 Å². The second kappa shape index (κ2) is 16.5. The Morgan fingerprint density at radius 1 is 1.42 bits per heavy atom. The van der Waals surface area contributed by atoms with Crippen molar-refractivity contribution in [3.05, 3.63) is 28.3 Å². The number of carbonyl (C=O) groups excluding carboxylic acids is 2. The van der Waals surface area contributed by atoms with E-state index in [0.717, 1.165) is 29.8 Å². The zero-order chi connectivity index (χ0) is 24.6. The number of rotatable bonds is 4. The second-order valence-electron chi connectivity index (χ2n) is 7.83. The molecular weight excluding hydrogens is 420 g/mol. The molecule has 0 radical (unpaired) electrons. The first-order valence-corrected chi connectivity index (χ1v) is 10.0. The maximum Gasteiger partial charge on any atom is 0.223 e. The summed E-state index contributed by atoms with van der Waals surface area (Å²) in [5.41, 5.74) is 1.70. The van der Waals surface area contributed by atoms with Crippen molar-refractivity contribution in [2.75, 3.05) is 27.2 Å². The van der Waals surface area contributed by atoms with Gasteiger partial charge in [0, 0.05) is 42.2 Å². The van der Waals surface area contributed by atoms with E-state index in [1.807, 2.05) is 13.8 Å². The van der Waals surface area contributed by atoms with Crippen molar-refractivity contribution in [3.8, 4) is 18.1 Å². The molecule has 176 valence electrons. The molecule has 1 aliphatic heterocycles. The van der Waals surface area contributed by atoms with Crippen LogP contribution in [0.4, 0.5) is 0 Å². The first kappa shape index (κ1) is 31.0. The molecule has 1 fully saturated rings. The highest BCUT2D eigenvalue weighted by Gasteiger charge is 2.27. The van der Waals surface area contributed by atoms with Crippen LogP contribution >= 0.6 is 11.6 Å².